The lowest BCUT2D eigenvalue weighted by atomic mass is 9.94. The first-order valence-electron chi connectivity index (χ1n) is 7.73. The van der Waals surface area contributed by atoms with Gasteiger partial charge in [-0.25, -0.2) is 4.79 Å². The first-order valence-corrected chi connectivity index (χ1v) is 7.73. The largest absolute Gasteiger partial charge is 0.416 e. The van der Waals surface area contributed by atoms with E-state index in [0.717, 1.165) is 25.0 Å². The Morgan fingerprint density at radius 3 is 2.42 bits per heavy atom. The number of nitrogens with two attached hydrogens (primary N) is 1. The SMILES string of the molecule is C[C@@H](NC(N)=O)C(=O)N1CCCC[C@@H]1c1ccc(C(F)(F)F)cc1. The Hall–Kier alpha value is -2.25. The molecule has 1 fully saturated rings. The van der Waals surface area contributed by atoms with Crippen LogP contribution in [0.25, 0.3) is 0 Å². The first kappa shape index (κ1) is 18.1. The number of carbonyl (C=O) groups is 2. The van der Waals surface area contributed by atoms with Gasteiger partial charge in [0.05, 0.1) is 11.6 Å². The highest BCUT2D eigenvalue weighted by molar-refractivity contribution is 5.86. The third-order valence-corrected chi connectivity index (χ3v) is 4.14. The van der Waals surface area contributed by atoms with Crippen molar-refractivity contribution in [2.24, 2.45) is 5.73 Å². The van der Waals surface area contributed by atoms with E-state index < -0.39 is 23.8 Å². The number of piperidine rings is 1. The molecule has 5 nitrogen and oxygen atoms in total. The van der Waals surface area contributed by atoms with E-state index in [2.05, 4.69) is 5.32 Å². The number of carbonyl (C=O) groups excluding carboxylic acids is 2. The van der Waals surface area contributed by atoms with E-state index in [1.165, 1.54) is 19.1 Å². The van der Waals surface area contributed by atoms with Gasteiger partial charge in [0.1, 0.15) is 6.04 Å². The zero-order chi connectivity index (χ0) is 17.9. The first-order chi connectivity index (χ1) is 11.2. The molecule has 2 rings (SSSR count). The molecule has 0 spiro atoms. The quantitative estimate of drug-likeness (QED) is 0.885. The zero-order valence-corrected chi connectivity index (χ0v) is 13.3. The molecule has 24 heavy (non-hydrogen) atoms. The molecule has 0 aliphatic carbocycles. The van der Waals surface area contributed by atoms with E-state index in [4.69, 9.17) is 5.73 Å². The molecular formula is C16H20F3N3O2. The average Bonchev–Trinajstić information content (AvgIpc) is 2.53. The second kappa shape index (κ2) is 7.11. The lowest BCUT2D eigenvalue weighted by Gasteiger charge is -2.37. The van der Waals surface area contributed by atoms with Crippen LogP contribution in [0.4, 0.5) is 18.0 Å². The Morgan fingerprint density at radius 1 is 1.25 bits per heavy atom. The summed E-state index contributed by atoms with van der Waals surface area (Å²) in [7, 11) is 0. The minimum atomic E-state index is -4.39. The van der Waals surface area contributed by atoms with Gasteiger partial charge in [-0.05, 0) is 43.9 Å². The number of urea groups is 1. The van der Waals surface area contributed by atoms with Crippen LogP contribution in [-0.2, 0) is 11.0 Å². The van der Waals surface area contributed by atoms with Crippen LogP contribution in [0.3, 0.4) is 0 Å². The maximum absolute atomic E-state index is 12.7. The number of alkyl halides is 3. The highest BCUT2D eigenvalue weighted by atomic mass is 19.4. The predicted molar refractivity (Wildman–Crippen MR) is 81.9 cm³/mol. The standard InChI is InChI=1S/C16H20F3N3O2/c1-10(21-15(20)24)14(23)22-9-3-2-4-13(22)11-5-7-12(8-6-11)16(17,18)19/h5-8,10,13H,2-4,9H2,1H3,(H3,20,21,24)/t10-,13-/m1/s1. The number of nitrogens with zero attached hydrogens (tertiary/aromatic N) is 1. The van der Waals surface area contributed by atoms with Gasteiger partial charge in [0, 0.05) is 6.54 Å². The summed E-state index contributed by atoms with van der Waals surface area (Å²) in [6, 6.07) is 2.99. The molecule has 1 heterocycles. The molecule has 3 amide bonds. The summed E-state index contributed by atoms with van der Waals surface area (Å²) in [6.07, 6.45) is -2.03. The maximum Gasteiger partial charge on any atom is 0.416 e. The smallest absolute Gasteiger partial charge is 0.352 e. The van der Waals surface area contributed by atoms with Crippen molar-refractivity contribution in [3.63, 3.8) is 0 Å². The predicted octanol–water partition coefficient (Wildman–Crippen LogP) is 2.82. The number of amides is 3. The molecule has 1 aliphatic heterocycles. The number of primary amides is 1. The fourth-order valence-corrected chi connectivity index (χ4v) is 2.96. The van der Waals surface area contributed by atoms with Crippen LogP contribution >= 0.6 is 0 Å². The van der Waals surface area contributed by atoms with Gasteiger partial charge >= 0.3 is 12.2 Å². The van der Waals surface area contributed by atoms with Crippen molar-refractivity contribution in [1.82, 2.24) is 10.2 Å². The van der Waals surface area contributed by atoms with E-state index >= 15 is 0 Å². The minimum absolute atomic E-state index is 0.293. The number of rotatable bonds is 3. The molecule has 2 atom stereocenters. The number of benzene rings is 1. The summed E-state index contributed by atoms with van der Waals surface area (Å²) in [5.74, 6) is -0.293. The number of halogens is 3. The summed E-state index contributed by atoms with van der Waals surface area (Å²) < 4.78 is 38.0. The normalized spacial score (nSPS) is 19.7. The lowest BCUT2D eigenvalue weighted by molar-refractivity contribution is -0.138. The molecule has 0 unspecified atom stereocenters. The Balaban J connectivity index is 2.20. The molecule has 1 aromatic rings. The third kappa shape index (κ3) is 4.18. The van der Waals surface area contributed by atoms with E-state index in [9.17, 15) is 22.8 Å². The molecule has 1 saturated heterocycles. The van der Waals surface area contributed by atoms with Crippen molar-refractivity contribution in [2.45, 2.75) is 44.4 Å². The van der Waals surface area contributed by atoms with E-state index in [-0.39, 0.29) is 11.9 Å². The average molecular weight is 343 g/mol. The van der Waals surface area contributed by atoms with Gasteiger partial charge in [0.2, 0.25) is 5.91 Å². The highest BCUT2D eigenvalue weighted by Crippen LogP contribution is 2.34. The third-order valence-electron chi connectivity index (χ3n) is 4.14. The van der Waals surface area contributed by atoms with Gasteiger partial charge in [-0.15, -0.1) is 0 Å². The number of likely N-dealkylation sites (tertiary alicyclic amines) is 1. The summed E-state index contributed by atoms with van der Waals surface area (Å²) in [5.41, 5.74) is 4.97. The fraction of sp³-hybridized carbons (Fsp3) is 0.500. The monoisotopic (exact) mass is 343 g/mol. The van der Waals surface area contributed by atoms with Crippen molar-refractivity contribution in [1.29, 1.82) is 0 Å². The van der Waals surface area contributed by atoms with Crippen LogP contribution in [-0.4, -0.2) is 29.4 Å². The Labute approximate surface area is 138 Å². The molecule has 1 aromatic carbocycles. The van der Waals surface area contributed by atoms with Gasteiger partial charge in [0.25, 0.3) is 0 Å². The molecule has 132 valence electrons. The van der Waals surface area contributed by atoms with Gasteiger partial charge in [0.15, 0.2) is 0 Å². The maximum atomic E-state index is 12.7. The van der Waals surface area contributed by atoms with Crippen LogP contribution in [0.15, 0.2) is 24.3 Å². The fourth-order valence-electron chi connectivity index (χ4n) is 2.96. The second-order valence-corrected chi connectivity index (χ2v) is 5.89. The molecule has 1 aliphatic rings. The van der Waals surface area contributed by atoms with Crippen molar-refractivity contribution in [3.8, 4) is 0 Å². The number of nitrogens with one attached hydrogen (secondary N) is 1. The van der Waals surface area contributed by atoms with Crippen molar-refractivity contribution < 1.29 is 22.8 Å². The topological polar surface area (TPSA) is 75.4 Å². The number of hydrogen-bond acceptors (Lipinski definition) is 2. The molecular weight excluding hydrogens is 323 g/mol. The Kier molecular flexibility index (Phi) is 5.36. The van der Waals surface area contributed by atoms with Crippen molar-refractivity contribution in [3.05, 3.63) is 35.4 Å². The van der Waals surface area contributed by atoms with Crippen LogP contribution in [0.5, 0.6) is 0 Å². The van der Waals surface area contributed by atoms with Crippen LogP contribution in [0.2, 0.25) is 0 Å². The van der Waals surface area contributed by atoms with Crippen LogP contribution in [0.1, 0.15) is 43.4 Å². The highest BCUT2D eigenvalue weighted by Gasteiger charge is 2.33. The molecule has 8 heteroatoms. The van der Waals surface area contributed by atoms with E-state index in [0.29, 0.717) is 18.5 Å². The second-order valence-electron chi connectivity index (χ2n) is 5.89. The van der Waals surface area contributed by atoms with Crippen LogP contribution in [0, 0.1) is 0 Å². The molecule has 3 N–H and O–H groups in total. The van der Waals surface area contributed by atoms with Gasteiger partial charge in [-0.3, -0.25) is 4.79 Å². The Morgan fingerprint density at radius 2 is 1.88 bits per heavy atom. The summed E-state index contributed by atoms with van der Waals surface area (Å²) >= 11 is 0. The number of hydrogen-bond donors (Lipinski definition) is 2. The van der Waals surface area contributed by atoms with Gasteiger partial charge in [-0.1, -0.05) is 12.1 Å². The van der Waals surface area contributed by atoms with Gasteiger partial charge in [-0.2, -0.15) is 13.2 Å². The molecule has 0 saturated carbocycles. The van der Waals surface area contributed by atoms with E-state index in [1.807, 2.05) is 0 Å². The molecule has 0 aromatic heterocycles. The molecule has 0 bridgehead atoms. The summed E-state index contributed by atoms with van der Waals surface area (Å²) in [5, 5.41) is 2.34. The summed E-state index contributed by atoms with van der Waals surface area (Å²) in [6.45, 7) is 2.03. The summed E-state index contributed by atoms with van der Waals surface area (Å²) in [4.78, 5) is 25.0. The lowest BCUT2D eigenvalue weighted by Crippen LogP contribution is -2.50. The zero-order valence-electron chi connectivity index (χ0n) is 13.3. The van der Waals surface area contributed by atoms with Gasteiger partial charge < -0.3 is 16.0 Å². The van der Waals surface area contributed by atoms with Crippen molar-refractivity contribution >= 4 is 11.9 Å². The Bertz CT molecular complexity index is 602. The van der Waals surface area contributed by atoms with Crippen LogP contribution < -0.4 is 11.1 Å². The van der Waals surface area contributed by atoms with E-state index in [1.54, 1.807) is 4.90 Å². The molecule has 0 radical (unpaired) electrons. The van der Waals surface area contributed by atoms with Crippen molar-refractivity contribution in [2.75, 3.05) is 6.54 Å². The minimum Gasteiger partial charge on any atom is -0.352 e.